The van der Waals surface area contributed by atoms with Crippen LogP contribution in [0.1, 0.15) is 85.5 Å². The summed E-state index contributed by atoms with van der Waals surface area (Å²) < 4.78 is 0. The number of nitrogens with one attached hydrogen (secondary N) is 2. The van der Waals surface area contributed by atoms with E-state index in [0.717, 1.165) is 84.5 Å². The minimum atomic E-state index is -0.302. The normalized spacial score (nSPS) is 20.6. The third kappa shape index (κ3) is 4.29. The van der Waals surface area contributed by atoms with Gasteiger partial charge in [-0.1, -0.05) is 52.2 Å². The summed E-state index contributed by atoms with van der Waals surface area (Å²) in [7, 11) is 0. The summed E-state index contributed by atoms with van der Waals surface area (Å²) in [5, 5.41) is 11.1. The predicted octanol–water partition coefficient (Wildman–Crippen LogP) is 5.83. The molecule has 0 radical (unpaired) electrons. The van der Waals surface area contributed by atoms with Crippen LogP contribution >= 0.6 is 0 Å². The number of anilines is 2. The fourth-order valence-electron chi connectivity index (χ4n) is 7.23. The molecule has 39 heavy (non-hydrogen) atoms. The second-order valence-corrected chi connectivity index (χ2v) is 12.1. The molecule has 4 aliphatic rings. The molecule has 204 valence electrons. The largest absolute Gasteiger partial charge is 0.381 e. The van der Waals surface area contributed by atoms with Crippen LogP contribution in [0.4, 0.5) is 11.4 Å². The standard InChI is InChI=1S/C33H40N4O2/c1-4-22-17-25-26(18-29(22)36-12-14-37(15-13-36)32(39)23-8-6-5-7-9-23)33(2,3)27-20-35-28-16-21(19-34)10-11-24(28)30(27)31(25)38/h10-11,16-19,23,34-35H,4-9,12-15,20H2,1-3H3. The zero-order valence-corrected chi connectivity index (χ0v) is 23.5. The highest BCUT2D eigenvalue weighted by atomic mass is 16.2. The van der Waals surface area contributed by atoms with Crippen LogP contribution in [0.25, 0.3) is 5.57 Å². The second-order valence-electron chi connectivity index (χ2n) is 12.1. The van der Waals surface area contributed by atoms with Crippen molar-refractivity contribution in [2.24, 2.45) is 5.92 Å². The summed E-state index contributed by atoms with van der Waals surface area (Å²) in [4.78, 5) is 31.8. The Balaban J connectivity index is 1.31. The first-order valence-corrected chi connectivity index (χ1v) is 14.7. The Morgan fingerprint density at radius 1 is 1.05 bits per heavy atom. The van der Waals surface area contributed by atoms with Gasteiger partial charge in [0.1, 0.15) is 0 Å². The number of Topliss-reactive ketones (excluding diaryl/α,β-unsaturated/α-hetero) is 1. The van der Waals surface area contributed by atoms with Crippen molar-refractivity contribution in [2.45, 2.75) is 64.7 Å². The minimum Gasteiger partial charge on any atom is -0.381 e. The molecule has 2 fully saturated rings. The van der Waals surface area contributed by atoms with Gasteiger partial charge in [0.05, 0.1) is 0 Å². The van der Waals surface area contributed by atoms with Crippen molar-refractivity contribution in [1.29, 1.82) is 5.41 Å². The molecule has 2 aliphatic carbocycles. The fourth-order valence-corrected chi connectivity index (χ4v) is 7.23. The number of aryl methyl sites for hydroxylation is 1. The number of rotatable bonds is 4. The van der Waals surface area contributed by atoms with E-state index in [1.54, 1.807) is 0 Å². The zero-order valence-electron chi connectivity index (χ0n) is 23.5. The summed E-state index contributed by atoms with van der Waals surface area (Å²) in [5.74, 6) is 0.689. The number of fused-ring (bicyclic) bond motifs is 3. The lowest BCUT2D eigenvalue weighted by atomic mass is 9.65. The summed E-state index contributed by atoms with van der Waals surface area (Å²) >= 11 is 0. The molecule has 1 saturated heterocycles. The highest BCUT2D eigenvalue weighted by molar-refractivity contribution is 6.33. The molecule has 1 amide bonds. The van der Waals surface area contributed by atoms with Crippen LogP contribution in [0.2, 0.25) is 0 Å². The summed E-state index contributed by atoms with van der Waals surface area (Å²) in [5.41, 5.74) is 8.66. The van der Waals surface area contributed by atoms with E-state index in [2.05, 4.69) is 48.0 Å². The first-order chi connectivity index (χ1) is 18.8. The molecule has 0 spiro atoms. The van der Waals surface area contributed by atoms with Gasteiger partial charge in [-0.05, 0) is 59.7 Å². The smallest absolute Gasteiger partial charge is 0.225 e. The van der Waals surface area contributed by atoms with Crippen molar-refractivity contribution in [2.75, 3.05) is 42.9 Å². The number of nitrogens with zero attached hydrogens (tertiary/aromatic N) is 2. The van der Waals surface area contributed by atoms with Crippen molar-refractivity contribution >= 4 is 34.9 Å². The molecule has 0 unspecified atom stereocenters. The van der Waals surface area contributed by atoms with Gasteiger partial charge < -0.3 is 20.5 Å². The Hall–Kier alpha value is -3.41. The maximum atomic E-state index is 14.1. The number of benzene rings is 2. The van der Waals surface area contributed by atoms with E-state index in [4.69, 9.17) is 5.41 Å². The molecule has 6 nitrogen and oxygen atoms in total. The lowest BCUT2D eigenvalue weighted by Crippen LogP contribution is -2.51. The number of hydrogen-bond acceptors (Lipinski definition) is 5. The van der Waals surface area contributed by atoms with E-state index in [1.165, 1.54) is 36.7 Å². The third-order valence-corrected chi connectivity index (χ3v) is 9.62. The Morgan fingerprint density at radius 3 is 2.49 bits per heavy atom. The van der Waals surface area contributed by atoms with Crippen LogP contribution in [0.5, 0.6) is 0 Å². The molecule has 2 N–H and O–H groups in total. The molecule has 6 heteroatoms. The average Bonchev–Trinajstić information content (AvgIpc) is 2.98. The molecule has 2 heterocycles. The van der Waals surface area contributed by atoms with E-state index in [1.807, 2.05) is 18.2 Å². The first-order valence-electron chi connectivity index (χ1n) is 14.7. The molecule has 2 aromatic rings. The SMILES string of the molecule is CCc1cc2c(cc1N1CCN(C(=O)C3CCCCC3)CC1)C(C)(C)C1=C(C2=O)c2ccc(C=N)cc2NC1. The summed E-state index contributed by atoms with van der Waals surface area (Å²) in [6.07, 6.45) is 7.93. The lowest BCUT2D eigenvalue weighted by Gasteiger charge is -2.42. The Morgan fingerprint density at radius 2 is 1.79 bits per heavy atom. The Kier molecular flexibility index (Phi) is 6.60. The quantitative estimate of drug-likeness (QED) is 0.494. The summed E-state index contributed by atoms with van der Waals surface area (Å²) in [6, 6.07) is 10.3. The van der Waals surface area contributed by atoms with Gasteiger partial charge in [0, 0.05) is 78.3 Å². The van der Waals surface area contributed by atoms with Crippen LogP contribution in [-0.2, 0) is 16.6 Å². The van der Waals surface area contributed by atoms with E-state index >= 15 is 0 Å². The van der Waals surface area contributed by atoms with Gasteiger partial charge >= 0.3 is 0 Å². The van der Waals surface area contributed by atoms with Crippen molar-refractivity contribution in [3.8, 4) is 0 Å². The van der Waals surface area contributed by atoms with Crippen LogP contribution in [-0.4, -0.2) is 55.5 Å². The molecular weight excluding hydrogens is 484 g/mol. The van der Waals surface area contributed by atoms with Gasteiger partial charge in [0.25, 0.3) is 0 Å². The van der Waals surface area contributed by atoms with Crippen LogP contribution in [0, 0.1) is 11.3 Å². The summed E-state index contributed by atoms with van der Waals surface area (Å²) in [6.45, 7) is 10.5. The molecule has 6 rings (SSSR count). The van der Waals surface area contributed by atoms with E-state index < -0.39 is 0 Å². The van der Waals surface area contributed by atoms with Gasteiger partial charge in [0.2, 0.25) is 5.91 Å². The van der Waals surface area contributed by atoms with Gasteiger partial charge in [-0.2, -0.15) is 0 Å². The van der Waals surface area contributed by atoms with Crippen LogP contribution in [0.3, 0.4) is 0 Å². The number of amides is 1. The van der Waals surface area contributed by atoms with Crippen molar-refractivity contribution in [1.82, 2.24) is 4.90 Å². The molecular formula is C33H40N4O2. The maximum Gasteiger partial charge on any atom is 0.225 e. The van der Waals surface area contributed by atoms with E-state index in [0.29, 0.717) is 12.5 Å². The van der Waals surface area contributed by atoms with E-state index in [-0.39, 0.29) is 17.1 Å². The van der Waals surface area contributed by atoms with Gasteiger partial charge in [0.15, 0.2) is 5.78 Å². The van der Waals surface area contributed by atoms with Crippen molar-refractivity contribution in [3.63, 3.8) is 0 Å². The van der Waals surface area contributed by atoms with Gasteiger partial charge in [-0.3, -0.25) is 9.59 Å². The van der Waals surface area contributed by atoms with Crippen molar-refractivity contribution < 1.29 is 9.59 Å². The first kappa shape index (κ1) is 25.8. The molecule has 0 aromatic heterocycles. The average molecular weight is 525 g/mol. The maximum absolute atomic E-state index is 14.1. The topological polar surface area (TPSA) is 76.5 Å². The lowest BCUT2D eigenvalue weighted by molar-refractivity contribution is -0.136. The monoisotopic (exact) mass is 524 g/mol. The number of hydrogen-bond donors (Lipinski definition) is 2. The highest BCUT2D eigenvalue weighted by Crippen LogP contribution is 2.49. The zero-order chi connectivity index (χ0) is 27.3. The van der Waals surface area contributed by atoms with Crippen LogP contribution in [0.15, 0.2) is 35.9 Å². The molecule has 2 aliphatic heterocycles. The van der Waals surface area contributed by atoms with E-state index in [9.17, 15) is 9.59 Å². The fraction of sp³-hybridized carbons (Fsp3) is 0.485. The number of allylic oxidation sites excluding steroid dienone is 1. The second kappa shape index (κ2) is 9.96. The minimum absolute atomic E-state index is 0.105. The van der Waals surface area contributed by atoms with Crippen LogP contribution < -0.4 is 10.2 Å². The Bertz CT molecular complexity index is 1370. The molecule has 1 saturated carbocycles. The van der Waals surface area contributed by atoms with Crippen molar-refractivity contribution in [3.05, 3.63) is 63.7 Å². The van der Waals surface area contributed by atoms with Gasteiger partial charge in [-0.15, -0.1) is 0 Å². The predicted molar refractivity (Wildman–Crippen MR) is 158 cm³/mol. The highest BCUT2D eigenvalue weighted by Gasteiger charge is 2.42. The molecule has 0 atom stereocenters. The molecule has 2 aromatic carbocycles. The molecule has 0 bridgehead atoms. The number of ketones is 1. The number of carbonyl (C=O) groups excluding carboxylic acids is 2. The Labute approximate surface area is 232 Å². The number of piperazine rings is 1. The number of carbonyl (C=O) groups is 2. The third-order valence-electron chi connectivity index (χ3n) is 9.62. The van der Waals surface area contributed by atoms with Gasteiger partial charge in [-0.25, -0.2) is 0 Å².